The maximum atomic E-state index is 13.2. The normalized spacial score (nSPS) is 29.8. The second-order valence-electron chi connectivity index (χ2n) is 9.47. The molecule has 6 atom stereocenters. The van der Waals surface area contributed by atoms with Crippen LogP contribution in [0.15, 0.2) is 30.0 Å². The predicted octanol–water partition coefficient (Wildman–Crippen LogP) is 1.75. The lowest BCUT2D eigenvalue weighted by Crippen LogP contribution is -2.67. The Morgan fingerprint density at radius 3 is 2.46 bits per heavy atom. The molecule has 2 amide bonds. The van der Waals surface area contributed by atoms with Gasteiger partial charge in [0.15, 0.2) is 0 Å². The molecule has 10 nitrogen and oxygen atoms in total. The molecule has 3 aliphatic heterocycles. The third kappa shape index (κ3) is 4.92. The minimum absolute atomic E-state index is 0.166. The summed E-state index contributed by atoms with van der Waals surface area (Å²) in [6.45, 7) is 3.54. The number of hydrogen-bond donors (Lipinski definition) is 5. The van der Waals surface area contributed by atoms with Gasteiger partial charge >= 0.3 is 18.1 Å². The maximum Gasteiger partial charge on any atom is 0.416 e. The van der Waals surface area contributed by atoms with Crippen LogP contribution in [-0.2, 0) is 20.6 Å². The number of nitrogens with one attached hydrogen (secondary N) is 2. The zero-order valence-electron chi connectivity index (χ0n) is 19.6. The lowest BCUT2D eigenvalue weighted by Gasteiger charge is -2.50. The highest BCUT2D eigenvalue weighted by molar-refractivity contribution is 8.01. The Labute approximate surface area is 212 Å². The molecule has 1 aromatic rings. The number of carbonyl (C=O) groups is 4. The number of aliphatic carboxylic acids is 1. The number of aromatic carboxylic acids is 1. The molecule has 0 bridgehead atoms. The Balaban J connectivity index is 1.47. The van der Waals surface area contributed by atoms with Crippen LogP contribution in [0.25, 0.3) is 0 Å². The van der Waals surface area contributed by atoms with Gasteiger partial charge in [0.1, 0.15) is 5.70 Å². The van der Waals surface area contributed by atoms with Crippen molar-refractivity contribution in [1.82, 2.24) is 10.2 Å². The molecule has 0 aliphatic carbocycles. The van der Waals surface area contributed by atoms with Gasteiger partial charge in [-0.15, -0.1) is 11.8 Å². The fourth-order valence-corrected chi connectivity index (χ4v) is 6.88. The molecule has 2 saturated heterocycles. The van der Waals surface area contributed by atoms with Crippen LogP contribution in [-0.4, -0.2) is 78.7 Å². The van der Waals surface area contributed by atoms with Gasteiger partial charge in [-0.25, -0.2) is 9.59 Å². The molecule has 3 heterocycles. The highest BCUT2D eigenvalue weighted by Gasteiger charge is 2.63. The summed E-state index contributed by atoms with van der Waals surface area (Å²) in [6, 6.07) is 0.687. The molecule has 4 rings (SSSR count). The molecular formula is C23H24F3N3O7S. The van der Waals surface area contributed by atoms with Crippen LogP contribution in [0.4, 0.5) is 18.9 Å². The van der Waals surface area contributed by atoms with E-state index in [1.165, 1.54) is 29.7 Å². The predicted molar refractivity (Wildman–Crippen MR) is 125 cm³/mol. The van der Waals surface area contributed by atoms with Gasteiger partial charge in [0.2, 0.25) is 11.8 Å². The van der Waals surface area contributed by atoms with E-state index in [1.54, 1.807) is 6.92 Å². The highest BCUT2D eigenvalue weighted by Crippen LogP contribution is 2.53. The Morgan fingerprint density at radius 1 is 1.22 bits per heavy atom. The van der Waals surface area contributed by atoms with Crippen molar-refractivity contribution in [3.8, 4) is 0 Å². The van der Waals surface area contributed by atoms with E-state index in [9.17, 15) is 42.6 Å². The molecule has 0 radical (unpaired) electrons. The summed E-state index contributed by atoms with van der Waals surface area (Å²) in [4.78, 5) is 49.4. The van der Waals surface area contributed by atoms with E-state index in [0.717, 1.165) is 6.07 Å². The van der Waals surface area contributed by atoms with E-state index in [0.29, 0.717) is 18.7 Å². The van der Waals surface area contributed by atoms with Crippen molar-refractivity contribution in [3.63, 3.8) is 0 Å². The third-order valence-corrected chi connectivity index (χ3v) is 8.31. The van der Waals surface area contributed by atoms with Crippen LogP contribution >= 0.6 is 11.8 Å². The van der Waals surface area contributed by atoms with Gasteiger partial charge in [0.05, 0.1) is 40.0 Å². The van der Waals surface area contributed by atoms with E-state index in [2.05, 4.69) is 10.6 Å². The number of carboxylic acids is 2. The van der Waals surface area contributed by atoms with E-state index >= 15 is 0 Å². The van der Waals surface area contributed by atoms with E-state index in [-0.39, 0.29) is 23.1 Å². The number of hydrogen-bond acceptors (Lipinski definition) is 7. The van der Waals surface area contributed by atoms with Crippen LogP contribution in [0.3, 0.4) is 0 Å². The van der Waals surface area contributed by atoms with Crippen LogP contribution in [0.5, 0.6) is 0 Å². The minimum atomic E-state index is -4.81. The number of benzene rings is 1. The number of aliphatic hydroxyl groups is 1. The average Bonchev–Trinajstić information content (AvgIpc) is 3.33. The van der Waals surface area contributed by atoms with E-state index < -0.39 is 69.9 Å². The molecule has 14 heteroatoms. The van der Waals surface area contributed by atoms with Gasteiger partial charge in [-0.2, -0.15) is 13.2 Å². The number of alkyl halides is 3. The summed E-state index contributed by atoms with van der Waals surface area (Å²) in [6.07, 6.45) is -4.07. The summed E-state index contributed by atoms with van der Waals surface area (Å²) in [5.41, 5.74) is -2.31. The zero-order chi connectivity index (χ0) is 27.4. The van der Waals surface area contributed by atoms with Crippen molar-refractivity contribution in [1.29, 1.82) is 0 Å². The third-order valence-electron chi connectivity index (χ3n) is 6.75. The molecule has 200 valence electrons. The van der Waals surface area contributed by atoms with Crippen molar-refractivity contribution >= 4 is 41.2 Å². The molecule has 2 fully saturated rings. The van der Waals surface area contributed by atoms with E-state index in [4.69, 9.17) is 5.11 Å². The van der Waals surface area contributed by atoms with Gasteiger partial charge in [-0.3, -0.25) is 9.59 Å². The molecule has 0 saturated carbocycles. The SMILES string of the molecule is CC(O)C1C(=O)N2C(C(=O)O)=CC(C)(SC3CNC(C(=O)Nc4cc(C(=O)O)cc(C(F)(F)F)c4)C3)[C@H]12. The summed E-state index contributed by atoms with van der Waals surface area (Å²) >= 11 is 1.35. The number of halogens is 3. The number of fused-ring (bicyclic) bond motifs is 1. The number of carbonyl (C=O) groups excluding carboxylic acids is 2. The Kier molecular flexibility index (Phi) is 6.80. The molecule has 5 N–H and O–H groups in total. The van der Waals surface area contributed by atoms with Crippen LogP contribution in [0.2, 0.25) is 0 Å². The Bertz CT molecular complexity index is 1200. The zero-order valence-corrected chi connectivity index (χ0v) is 20.4. The number of amides is 2. The fourth-order valence-electron chi connectivity index (χ4n) is 5.13. The van der Waals surface area contributed by atoms with Crippen molar-refractivity contribution in [2.45, 2.75) is 54.6 Å². The van der Waals surface area contributed by atoms with Crippen molar-refractivity contribution in [3.05, 3.63) is 41.1 Å². The molecule has 3 aliphatic rings. The van der Waals surface area contributed by atoms with Gasteiger partial charge in [-0.1, -0.05) is 0 Å². The largest absolute Gasteiger partial charge is 0.478 e. The number of carboxylic acid groups (broad SMARTS) is 2. The van der Waals surface area contributed by atoms with Gasteiger partial charge in [-0.05, 0) is 44.5 Å². The fraction of sp³-hybridized carbons (Fsp3) is 0.478. The Hall–Kier alpha value is -3.10. The smallest absolute Gasteiger partial charge is 0.416 e. The van der Waals surface area contributed by atoms with Crippen molar-refractivity contribution in [2.75, 3.05) is 11.9 Å². The number of thioether (sulfide) groups is 1. The summed E-state index contributed by atoms with van der Waals surface area (Å²) < 4.78 is 38.7. The van der Waals surface area contributed by atoms with Crippen molar-refractivity contribution < 1.29 is 47.7 Å². The standard InChI is InChI=1S/C23H24F3N3O7S/c1-9(30)16-17-22(2,7-15(21(35)36)29(17)19(16)32)37-13-6-14(27-8-13)18(31)28-12-4-10(20(33)34)3-11(5-12)23(24,25)26/h3-5,7,9,13-14,16-17,27,30H,6,8H2,1-2H3,(H,28,31)(H,33,34)(H,35,36)/t9?,13?,14?,16?,17-,22?/m0/s1. The minimum Gasteiger partial charge on any atom is -0.478 e. The molecule has 5 unspecified atom stereocenters. The molecule has 37 heavy (non-hydrogen) atoms. The van der Waals surface area contributed by atoms with Crippen LogP contribution < -0.4 is 10.6 Å². The number of nitrogens with zero attached hydrogens (tertiary/aromatic N) is 1. The second-order valence-corrected chi connectivity index (χ2v) is 11.2. The number of aliphatic hydroxyl groups excluding tert-OH is 1. The van der Waals surface area contributed by atoms with Crippen LogP contribution in [0.1, 0.15) is 36.2 Å². The Morgan fingerprint density at radius 2 is 1.89 bits per heavy atom. The van der Waals surface area contributed by atoms with E-state index in [1.807, 2.05) is 0 Å². The lowest BCUT2D eigenvalue weighted by atomic mass is 9.78. The maximum absolute atomic E-state index is 13.2. The summed E-state index contributed by atoms with van der Waals surface area (Å²) in [5.74, 6) is -4.74. The number of anilines is 1. The van der Waals surface area contributed by atoms with Crippen LogP contribution in [0, 0.1) is 5.92 Å². The first-order valence-electron chi connectivity index (χ1n) is 11.3. The second kappa shape index (κ2) is 9.33. The van der Waals surface area contributed by atoms with Gasteiger partial charge in [0, 0.05) is 17.5 Å². The molecule has 1 aromatic carbocycles. The average molecular weight is 544 g/mol. The summed E-state index contributed by atoms with van der Waals surface area (Å²) in [5, 5.41) is 33.9. The summed E-state index contributed by atoms with van der Waals surface area (Å²) in [7, 11) is 0. The monoisotopic (exact) mass is 543 g/mol. The number of rotatable bonds is 7. The topological polar surface area (TPSA) is 156 Å². The molecule has 0 spiro atoms. The van der Waals surface area contributed by atoms with Gasteiger partial charge < -0.3 is 30.9 Å². The van der Waals surface area contributed by atoms with Gasteiger partial charge in [0.25, 0.3) is 0 Å². The first kappa shape index (κ1) is 26.9. The first-order chi connectivity index (χ1) is 17.1. The highest BCUT2D eigenvalue weighted by atomic mass is 32.2. The van der Waals surface area contributed by atoms with Crippen molar-refractivity contribution in [2.24, 2.45) is 5.92 Å². The first-order valence-corrected chi connectivity index (χ1v) is 12.2. The molecule has 0 aromatic heterocycles. The number of β-lactam (4-membered cyclic amide) rings is 1. The lowest BCUT2D eigenvalue weighted by molar-refractivity contribution is -0.162. The quantitative estimate of drug-likeness (QED) is 0.323. The molecular weight excluding hydrogens is 519 g/mol.